The highest BCUT2D eigenvalue weighted by Gasteiger charge is 2.20. The number of furan rings is 2. The smallest absolute Gasteiger partial charge is 0.433 e. The SMILES string of the molecule is C[C@@H](C[C@@H](O)c1ccco1)NC(=O)c1ccc([N+](=O)[O-])o1. The average molecular weight is 294 g/mol. The fraction of sp³-hybridized carbons (Fsp3) is 0.308. The second-order valence-corrected chi connectivity index (χ2v) is 4.54. The fourth-order valence-electron chi connectivity index (χ4n) is 1.83. The predicted molar refractivity (Wildman–Crippen MR) is 70.6 cm³/mol. The number of aliphatic hydroxyl groups excluding tert-OH is 1. The summed E-state index contributed by atoms with van der Waals surface area (Å²) in [4.78, 5) is 21.6. The number of nitrogens with one attached hydrogen (secondary N) is 1. The van der Waals surface area contributed by atoms with Gasteiger partial charge in [0, 0.05) is 12.5 Å². The second-order valence-electron chi connectivity index (χ2n) is 4.54. The summed E-state index contributed by atoms with van der Waals surface area (Å²) in [7, 11) is 0. The van der Waals surface area contributed by atoms with Gasteiger partial charge in [0.05, 0.1) is 12.3 Å². The van der Waals surface area contributed by atoms with Crippen molar-refractivity contribution in [1.29, 1.82) is 0 Å². The summed E-state index contributed by atoms with van der Waals surface area (Å²) in [6, 6.07) is 5.25. The first-order valence-corrected chi connectivity index (χ1v) is 6.24. The van der Waals surface area contributed by atoms with Crippen LogP contribution in [0.15, 0.2) is 39.4 Å². The molecule has 2 N–H and O–H groups in total. The maximum Gasteiger partial charge on any atom is 0.433 e. The summed E-state index contributed by atoms with van der Waals surface area (Å²) in [5, 5.41) is 22.9. The van der Waals surface area contributed by atoms with Crippen LogP contribution >= 0.6 is 0 Å². The summed E-state index contributed by atoms with van der Waals surface area (Å²) in [5.41, 5.74) is 0. The van der Waals surface area contributed by atoms with Crippen molar-refractivity contribution in [2.75, 3.05) is 0 Å². The zero-order chi connectivity index (χ0) is 15.4. The Morgan fingerprint density at radius 2 is 2.24 bits per heavy atom. The van der Waals surface area contributed by atoms with Crippen molar-refractivity contribution in [3.63, 3.8) is 0 Å². The largest absolute Gasteiger partial charge is 0.467 e. The molecule has 8 nitrogen and oxygen atoms in total. The molecule has 0 saturated heterocycles. The van der Waals surface area contributed by atoms with Crippen LogP contribution in [0.4, 0.5) is 5.88 Å². The number of amides is 1. The molecule has 0 radical (unpaired) electrons. The van der Waals surface area contributed by atoms with Crippen LogP contribution in [-0.4, -0.2) is 22.0 Å². The summed E-state index contributed by atoms with van der Waals surface area (Å²) in [6.07, 6.45) is 0.840. The van der Waals surface area contributed by atoms with Gasteiger partial charge in [-0.05, 0) is 25.1 Å². The lowest BCUT2D eigenvalue weighted by Crippen LogP contribution is -2.33. The Hall–Kier alpha value is -2.61. The quantitative estimate of drug-likeness (QED) is 0.621. The number of hydrogen-bond acceptors (Lipinski definition) is 6. The van der Waals surface area contributed by atoms with Crippen LogP contribution in [0, 0.1) is 10.1 Å². The first-order valence-electron chi connectivity index (χ1n) is 6.24. The van der Waals surface area contributed by atoms with E-state index in [4.69, 9.17) is 8.83 Å². The average Bonchev–Trinajstić information content (AvgIpc) is 3.10. The molecule has 0 aromatic carbocycles. The molecule has 0 aliphatic heterocycles. The molecule has 112 valence electrons. The standard InChI is InChI=1S/C13H14N2O6/c1-8(7-9(16)10-3-2-6-20-10)14-13(17)11-4-5-12(21-11)15(18)19/h2-6,8-9,16H,7H2,1H3,(H,14,17)/t8-,9+/m0/s1. The highest BCUT2D eigenvalue weighted by molar-refractivity contribution is 5.91. The third-order valence-corrected chi connectivity index (χ3v) is 2.82. The molecule has 0 aliphatic carbocycles. The minimum absolute atomic E-state index is 0.152. The van der Waals surface area contributed by atoms with Gasteiger partial charge in [-0.25, -0.2) is 0 Å². The van der Waals surface area contributed by atoms with E-state index in [2.05, 4.69) is 5.32 Å². The molecule has 0 unspecified atom stereocenters. The molecule has 0 fully saturated rings. The third kappa shape index (κ3) is 3.69. The van der Waals surface area contributed by atoms with E-state index in [0.717, 1.165) is 6.07 Å². The van der Waals surface area contributed by atoms with E-state index in [1.54, 1.807) is 19.1 Å². The van der Waals surface area contributed by atoms with E-state index < -0.39 is 22.8 Å². The van der Waals surface area contributed by atoms with Gasteiger partial charge in [-0.1, -0.05) is 0 Å². The highest BCUT2D eigenvalue weighted by Crippen LogP contribution is 2.19. The Labute approximate surface area is 119 Å². The first kappa shape index (κ1) is 14.8. The van der Waals surface area contributed by atoms with Gasteiger partial charge < -0.3 is 19.3 Å². The Morgan fingerprint density at radius 3 is 2.81 bits per heavy atom. The highest BCUT2D eigenvalue weighted by atomic mass is 16.6. The summed E-state index contributed by atoms with van der Waals surface area (Å²) < 4.78 is 9.85. The van der Waals surface area contributed by atoms with Gasteiger partial charge >= 0.3 is 5.88 Å². The molecule has 2 aromatic rings. The predicted octanol–water partition coefficient (Wildman–Crippen LogP) is 2.02. The van der Waals surface area contributed by atoms with Crippen LogP contribution in [0.2, 0.25) is 0 Å². The molecule has 21 heavy (non-hydrogen) atoms. The van der Waals surface area contributed by atoms with Crippen molar-refractivity contribution in [2.45, 2.75) is 25.5 Å². The Balaban J connectivity index is 1.91. The van der Waals surface area contributed by atoms with Crippen LogP contribution in [-0.2, 0) is 0 Å². The van der Waals surface area contributed by atoms with E-state index in [-0.39, 0.29) is 18.2 Å². The molecule has 8 heteroatoms. The number of aliphatic hydroxyl groups is 1. The maximum atomic E-state index is 11.8. The number of carbonyl (C=O) groups is 1. The molecular weight excluding hydrogens is 280 g/mol. The van der Waals surface area contributed by atoms with Crippen LogP contribution in [0.25, 0.3) is 0 Å². The van der Waals surface area contributed by atoms with E-state index in [9.17, 15) is 20.0 Å². The molecule has 2 heterocycles. The lowest BCUT2D eigenvalue weighted by atomic mass is 10.1. The molecule has 0 saturated carbocycles. The van der Waals surface area contributed by atoms with Crippen molar-refractivity contribution in [2.24, 2.45) is 0 Å². The molecule has 2 aromatic heterocycles. The van der Waals surface area contributed by atoms with E-state index in [0.29, 0.717) is 5.76 Å². The van der Waals surface area contributed by atoms with Gasteiger partial charge in [-0.3, -0.25) is 14.9 Å². The topological polar surface area (TPSA) is 119 Å². The summed E-state index contributed by atoms with van der Waals surface area (Å²) >= 11 is 0. The van der Waals surface area contributed by atoms with Gasteiger partial charge in [0.2, 0.25) is 0 Å². The van der Waals surface area contributed by atoms with Crippen LogP contribution < -0.4 is 5.32 Å². The minimum Gasteiger partial charge on any atom is -0.467 e. The number of nitrogens with zero attached hydrogens (tertiary/aromatic N) is 1. The fourth-order valence-corrected chi connectivity index (χ4v) is 1.83. The van der Waals surface area contributed by atoms with Gasteiger partial charge in [0.25, 0.3) is 5.91 Å². The Morgan fingerprint density at radius 1 is 1.48 bits per heavy atom. The van der Waals surface area contributed by atoms with Gasteiger partial charge in [0.15, 0.2) is 5.76 Å². The lowest BCUT2D eigenvalue weighted by Gasteiger charge is -2.15. The maximum absolute atomic E-state index is 11.8. The van der Waals surface area contributed by atoms with Crippen molar-refractivity contribution >= 4 is 11.8 Å². The van der Waals surface area contributed by atoms with Crippen LogP contribution in [0.5, 0.6) is 0 Å². The van der Waals surface area contributed by atoms with Crippen LogP contribution in [0.1, 0.15) is 35.8 Å². The second kappa shape index (κ2) is 6.23. The Kier molecular flexibility index (Phi) is 4.39. The number of carbonyl (C=O) groups excluding carboxylic acids is 1. The van der Waals surface area contributed by atoms with E-state index in [1.807, 2.05) is 0 Å². The Bertz CT molecular complexity index is 618. The van der Waals surface area contributed by atoms with Gasteiger partial charge in [-0.2, -0.15) is 0 Å². The van der Waals surface area contributed by atoms with Crippen molar-refractivity contribution in [3.8, 4) is 0 Å². The molecule has 2 rings (SSSR count). The number of hydrogen-bond donors (Lipinski definition) is 2. The molecule has 0 aliphatic rings. The molecule has 1 amide bonds. The first-order chi connectivity index (χ1) is 9.97. The van der Waals surface area contributed by atoms with Crippen molar-refractivity contribution in [3.05, 3.63) is 52.2 Å². The minimum atomic E-state index is -0.846. The van der Waals surface area contributed by atoms with E-state index >= 15 is 0 Å². The van der Waals surface area contributed by atoms with Crippen LogP contribution in [0.3, 0.4) is 0 Å². The van der Waals surface area contributed by atoms with Gasteiger partial charge in [-0.15, -0.1) is 0 Å². The zero-order valence-corrected chi connectivity index (χ0v) is 11.2. The normalized spacial score (nSPS) is 13.6. The van der Waals surface area contributed by atoms with Gasteiger partial charge in [0.1, 0.15) is 16.8 Å². The zero-order valence-electron chi connectivity index (χ0n) is 11.2. The molecular formula is C13H14N2O6. The lowest BCUT2D eigenvalue weighted by molar-refractivity contribution is -0.402. The number of rotatable bonds is 6. The molecule has 0 spiro atoms. The van der Waals surface area contributed by atoms with Crippen molar-refractivity contribution < 1.29 is 23.7 Å². The van der Waals surface area contributed by atoms with E-state index in [1.165, 1.54) is 12.3 Å². The summed E-state index contributed by atoms with van der Waals surface area (Å²) in [5.74, 6) is -0.823. The molecule has 2 atom stereocenters. The molecule has 0 bridgehead atoms. The number of nitro groups is 1. The monoisotopic (exact) mass is 294 g/mol. The van der Waals surface area contributed by atoms with Crippen molar-refractivity contribution in [1.82, 2.24) is 5.32 Å². The summed E-state index contributed by atoms with van der Waals surface area (Å²) in [6.45, 7) is 1.70. The third-order valence-electron chi connectivity index (χ3n) is 2.82.